The van der Waals surface area contributed by atoms with Gasteiger partial charge in [0.1, 0.15) is 17.7 Å². The summed E-state index contributed by atoms with van der Waals surface area (Å²) in [5.41, 5.74) is 3.95. The largest absolute Gasteiger partial charge is 0.355 e. The maximum Gasteiger partial charge on any atom is 0.158 e. The second-order valence-corrected chi connectivity index (χ2v) is 6.31. The van der Waals surface area contributed by atoms with Crippen molar-refractivity contribution in [2.24, 2.45) is 0 Å². The third-order valence-electron chi connectivity index (χ3n) is 4.61. The van der Waals surface area contributed by atoms with E-state index >= 15 is 0 Å². The molecule has 6 nitrogen and oxygen atoms in total. The summed E-state index contributed by atoms with van der Waals surface area (Å²) in [5.74, 6) is 2.28. The van der Waals surface area contributed by atoms with E-state index in [1.807, 2.05) is 38.2 Å². The molecule has 0 unspecified atom stereocenters. The van der Waals surface area contributed by atoms with Crippen LogP contribution in [0.15, 0.2) is 30.7 Å². The number of nitrogens with zero attached hydrogens (tertiary/aromatic N) is 6. The Morgan fingerprint density at radius 2 is 1.79 bits per heavy atom. The second kappa shape index (κ2) is 6.11. The number of hydrogen-bond donors (Lipinski definition) is 0. The minimum Gasteiger partial charge on any atom is -0.355 e. The van der Waals surface area contributed by atoms with Crippen LogP contribution < -0.4 is 4.90 Å². The highest BCUT2D eigenvalue weighted by Gasteiger charge is 2.24. The van der Waals surface area contributed by atoms with Gasteiger partial charge in [0, 0.05) is 36.6 Å². The standard InChI is InChI=1S/C18H20N6/c1-12-3-4-16-17(22-12)18(21-11-20-16)24-9-6-14(7-10-24)15-5-8-19-13(2)23-15/h3-5,8,11,14H,6-7,9-10H2,1-2H3. The van der Waals surface area contributed by atoms with Crippen molar-refractivity contribution < 1.29 is 0 Å². The average Bonchev–Trinajstić information content (AvgIpc) is 2.61. The zero-order chi connectivity index (χ0) is 16.5. The van der Waals surface area contributed by atoms with E-state index in [1.165, 1.54) is 0 Å². The second-order valence-electron chi connectivity index (χ2n) is 6.31. The summed E-state index contributed by atoms with van der Waals surface area (Å²) in [5, 5.41) is 0. The Labute approximate surface area is 141 Å². The summed E-state index contributed by atoms with van der Waals surface area (Å²) in [6.07, 6.45) is 5.62. The summed E-state index contributed by atoms with van der Waals surface area (Å²) < 4.78 is 0. The molecule has 24 heavy (non-hydrogen) atoms. The van der Waals surface area contributed by atoms with Gasteiger partial charge in [-0.1, -0.05) is 0 Å². The molecule has 4 rings (SSSR count). The van der Waals surface area contributed by atoms with Crippen molar-refractivity contribution in [3.05, 3.63) is 47.9 Å². The van der Waals surface area contributed by atoms with E-state index in [4.69, 9.17) is 0 Å². The molecule has 6 heteroatoms. The van der Waals surface area contributed by atoms with Gasteiger partial charge in [-0.15, -0.1) is 0 Å². The molecule has 3 aromatic rings. The molecule has 0 radical (unpaired) electrons. The summed E-state index contributed by atoms with van der Waals surface area (Å²) in [7, 11) is 0. The number of aromatic nitrogens is 5. The molecule has 0 aliphatic carbocycles. The van der Waals surface area contributed by atoms with Crippen LogP contribution in [0.3, 0.4) is 0 Å². The number of aryl methyl sites for hydroxylation is 2. The molecule has 0 N–H and O–H groups in total. The molecular weight excluding hydrogens is 300 g/mol. The van der Waals surface area contributed by atoms with Crippen LogP contribution >= 0.6 is 0 Å². The third kappa shape index (κ3) is 2.79. The third-order valence-corrected chi connectivity index (χ3v) is 4.61. The first-order chi connectivity index (χ1) is 11.7. The predicted molar refractivity (Wildman–Crippen MR) is 93.0 cm³/mol. The van der Waals surface area contributed by atoms with Crippen molar-refractivity contribution >= 4 is 16.9 Å². The van der Waals surface area contributed by atoms with Crippen LogP contribution in [-0.2, 0) is 0 Å². The Bertz CT molecular complexity index is 870. The molecule has 4 heterocycles. The molecule has 3 aromatic heterocycles. The summed E-state index contributed by atoms with van der Waals surface area (Å²) >= 11 is 0. The van der Waals surface area contributed by atoms with Gasteiger partial charge >= 0.3 is 0 Å². The Kier molecular flexibility index (Phi) is 3.80. The maximum atomic E-state index is 4.65. The SMILES string of the molecule is Cc1ccc2ncnc(N3CCC(c4ccnc(C)n4)CC3)c2n1. The topological polar surface area (TPSA) is 67.7 Å². The zero-order valence-corrected chi connectivity index (χ0v) is 14.0. The Balaban J connectivity index is 1.57. The molecule has 122 valence electrons. The predicted octanol–water partition coefficient (Wildman–Crippen LogP) is 2.82. The van der Waals surface area contributed by atoms with E-state index in [9.17, 15) is 0 Å². The first-order valence-electron chi connectivity index (χ1n) is 8.33. The molecule has 0 spiro atoms. The monoisotopic (exact) mass is 320 g/mol. The van der Waals surface area contributed by atoms with Gasteiger partial charge in [0.05, 0.1) is 5.52 Å². The van der Waals surface area contributed by atoms with Crippen molar-refractivity contribution in [2.75, 3.05) is 18.0 Å². The lowest BCUT2D eigenvalue weighted by Crippen LogP contribution is -2.34. The van der Waals surface area contributed by atoms with Crippen molar-refractivity contribution in [3.8, 4) is 0 Å². The Morgan fingerprint density at radius 1 is 0.958 bits per heavy atom. The highest BCUT2D eigenvalue weighted by Crippen LogP contribution is 2.30. The molecule has 0 saturated carbocycles. The highest BCUT2D eigenvalue weighted by atomic mass is 15.2. The summed E-state index contributed by atoms with van der Waals surface area (Å²) in [6.45, 7) is 5.85. The van der Waals surface area contributed by atoms with E-state index < -0.39 is 0 Å². The number of piperidine rings is 1. The van der Waals surface area contributed by atoms with Crippen molar-refractivity contribution in [3.63, 3.8) is 0 Å². The van der Waals surface area contributed by atoms with Crippen LogP contribution in [0.4, 0.5) is 5.82 Å². The van der Waals surface area contributed by atoms with Crippen LogP contribution in [0.1, 0.15) is 36.0 Å². The van der Waals surface area contributed by atoms with Gasteiger partial charge in [-0.3, -0.25) is 0 Å². The van der Waals surface area contributed by atoms with Gasteiger partial charge in [-0.25, -0.2) is 24.9 Å². The smallest absolute Gasteiger partial charge is 0.158 e. The fraction of sp³-hybridized carbons (Fsp3) is 0.389. The van der Waals surface area contributed by atoms with Gasteiger partial charge in [0.25, 0.3) is 0 Å². The van der Waals surface area contributed by atoms with Crippen molar-refractivity contribution in [1.29, 1.82) is 0 Å². The van der Waals surface area contributed by atoms with Gasteiger partial charge in [0.15, 0.2) is 5.82 Å². The number of fused-ring (bicyclic) bond motifs is 1. The fourth-order valence-corrected chi connectivity index (χ4v) is 3.35. The number of rotatable bonds is 2. The Hall–Kier alpha value is -2.63. The molecule has 1 aliphatic heterocycles. The van der Waals surface area contributed by atoms with E-state index in [0.29, 0.717) is 5.92 Å². The molecule has 0 bridgehead atoms. The summed E-state index contributed by atoms with van der Waals surface area (Å²) in [6, 6.07) is 6.04. The minimum atomic E-state index is 0.491. The van der Waals surface area contributed by atoms with Gasteiger partial charge in [0.2, 0.25) is 0 Å². The lowest BCUT2D eigenvalue weighted by molar-refractivity contribution is 0.492. The number of pyridine rings is 1. The lowest BCUT2D eigenvalue weighted by atomic mass is 9.93. The normalized spacial score (nSPS) is 15.8. The zero-order valence-electron chi connectivity index (χ0n) is 14.0. The fourth-order valence-electron chi connectivity index (χ4n) is 3.35. The van der Waals surface area contributed by atoms with E-state index in [0.717, 1.165) is 60.0 Å². The molecule has 0 amide bonds. The molecule has 1 saturated heterocycles. The van der Waals surface area contributed by atoms with Crippen LogP contribution in [0, 0.1) is 13.8 Å². The average molecular weight is 320 g/mol. The molecule has 1 fully saturated rings. The maximum absolute atomic E-state index is 4.65. The molecule has 0 aromatic carbocycles. The van der Waals surface area contributed by atoms with Crippen LogP contribution in [0.2, 0.25) is 0 Å². The summed E-state index contributed by atoms with van der Waals surface area (Å²) in [4.78, 5) is 24.6. The molecule has 0 atom stereocenters. The highest BCUT2D eigenvalue weighted by molar-refractivity contribution is 5.85. The van der Waals surface area contributed by atoms with Crippen molar-refractivity contribution in [2.45, 2.75) is 32.6 Å². The van der Waals surface area contributed by atoms with Gasteiger partial charge in [-0.2, -0.15) is 0 Å². The first-order valence-corrected chi connectivity index (χ1v) is 8.33. The van der Waals surface area contributed by atoms with E-state index in [-0.39, 0.29) is 0 Å². The van der Waals surface area contributed by atoms with Gasteiger partial charge in [-0.05, 0) is 44.9 Å². The number of hydrogen-bond acceptors (Lipinski definition) is 6. The minimum absolute atomic E-state index is 0.491. The number of anilines is 1. The molecule has 1 aliphatic rings. The lowest BCUT2D eigenvalue weighted by Gasteiger charge is -2.32. The van der Waals surface area contributed by atoms with Crippen LogP contribution in [0.5, 0.6) is 0 Å². The molecular formula is C18H20N6. The van der Waals surface area contributed by atoms with Crippen molar-refractivity contribution in [1.82, 2.24) is 24.9 Å². The Morgan fingerprint density at radius 3 is 2.58 bits per heavy atom. The van der Waals surface area contributed by atoms with E-state index in [2.05, 4.69) is 29.8 Å². The van der Waals surface area contributed by atoms with Gasteiger partial charge < -0.3 is 4.90 Å². The van der Waals surface area contributed by atoms with Crippen LogP contribution in [-0.4, -0.2) is 38.0 Å². The van der Waals surface area contributed by atoms with E-state index in [1.54, 1.807) is 6.33 Å². The first kappa shape index (κ1) is 14.9. The van der Waals surface area contributed by atoms with Crippen LogP contribution in [0.25, 0.3) is 11.0 Å². The quantitative estimate of drug-likeness (QED) is 0.723.